The van der Waals surface area contributed by atoms with E-state index in [1.807, 2.05) is 0 Å². The average molecular weight is 190 g/mol. The monoisotopic (exact) mass is 190 g/mol. The summed E-state index contributed by atoms with van der Waals surface area (Å²) in [7, 11) is 0. The van der Waals surface area contributed by atoms with Gasteiger partial charge in [-0.2, -0.15) is 0 Å². The Kier molecular flexibility index (Phi) is 2.73. The average Bonchev–Trinajstić information content (AvgIpc) is 2.58. The summed E-state index contributed by atoms with van der Waals surface area (Å²) in [6, 6.07) is 6.54. The van der Waals surface area contributed by atoms with Gasteiger partial charge < -0.3 is 11.1 Å². The second-order valence-electron chi connectivity index (χ2n) is 4.05. The molecule has 0 radical (unpaired) electrons. The molecule has 1 heterocycles. The molecule has 0 bridgehead atoms. The van der Waals surface area contributed by atoms with Crippen LogP contribution in [0.4, 0.5) is 5.69 Å². The molecule has 2 heteroatoms. The lowest BCUT2D eigenvalue weighted by Gasteiger charge is -2.10. The summed E-state index contributed by atoms with van der Waals surface area (Å²) in [5, 5.41) is 3.44. The number of aryl methyl sites for hydroxylation is 1. The van der Waals surface area contributed by atoms with Crippen LogP contribution < -0.4 is 11.1 Å². The zero-order valence-corrected chi connectivity index (χ0v) is 8.72. The van der Waals surface area contributed by atoms with E-state index < -0.39 is 0 Å². The van der Waals surface area contributed by atoms with Crippen molar-refractivity contribution in [2.24, 2.45) is 5.73 Å². The molecule has 1 aliphatic heterocycles. The molecule has 0 aliphatic carbocycles. The Balaban J connectivity index is 2.27. The summed E-state index contributed by atoms with van der Waals surface area (Å²) in [6.07, 6.45) is 2.20. The molecule has 1 aromatic carbocycles. The van der Waals surface area contributed by atoms with Crippen LogP contribution >= 0.6 is 0 Å². The van der Waals surface area contributed by atoms with Crippen LogP contribution in [0.2, 0.25) is 0 Å². The van der Waals surface area contributed by atoms with Gasteiger partial charge in [-0.05, 0) is 36.6 Å². The predicted octanol–water partition coefficient (Wildman–Crippen LogP) is 2.11. The lowest BCUT2D eigenvalue weighted by Crippen LogP contribution is -2.03. The maximum Gasteiger partial charge on any atom is 0.0379 e. The molecule has 1 aliphatic rings. The van der Waals surface area contributed by atoms with Crippen molar-refractivity contribution < 1.29 is 0 Å². The topological polar surface area (TPSA) is 38.0 Å². The van der Waals surface area contributed by atoms with Gasteiger partial charge in [0, 0.05) is 18.2 Å². The molecule has 14 heavy (non-hydrogen) atoms. The number of fused-ring (bicyclic) bond motifs is 1. The molecule has 1 unspecified atom stereocenters. The van der Waals surface area contributed by atoms with Gasteiger partial charge in [-0.25, -0.2) is 0 Å². The Labute approximate surface area is 85.5 Å². The Hall–Kier alpha value is -1.02. The summed E-state index contributed by atoms with van der Waals surface area (Å²) < 4.78 is 0. The van der Waals surface area contributed by atoms with Gasteiger partial charge in [0.25, 0.3) is 0 Å². The smallest absolute Gasteiger partial charge is 0.0379 e. The van der Waals surface area contributed by atoms with Crippen molar-refractivity contribution in [3.63, 3.8) is 0 Å². The van der Waals surface area contributed by atoms with Crippen molar-refractivity contribution in [1.82, 2.24) is 0 Å². The number of nitrogens with two attached hydrogens (primary N) is 1. The molecule has 2 rings (SSSR count). The first-order valence-electron chi connectivity index (χ1n) is 5.38. The van der Waals surface area contributed by atoms with Crippen LogP contribution in [0.15, 0.2) is 18.2 Å². The molecular weight excluding hydrogens is 172 g/mol. The van der Waals surface area contributed by atoms with E-state index in [1.54, 1.807) is 0 Å². The van der Waals surface area contributed by atoms with E-state index in [0.29, 0.717) is 5.92 Å². The molecule has 76 valence electrons. The van der Waals surface area contributed by atoms with Crippen LogP contribution in [-0.4, -0.2) is 13.1 Å². The molecule has 0 amide bonds. The molecule has 0 spiro atoms. The van der Waals surface area contributed by atoms with Gasteiger partial charge in [-0.1, -0.05) is 19.1 Å². The Morgan fingerprint density at radius 2 is 2.36 bits per heavy atom. The van der Waals surface area contributed by atoms with Crippen LogP contribution in [0.1, 0.15) is 30.4 Å². The molecule has 0 fully saturated rings. The summed E-state index contributed by atoms with van der Waals surface area (Å²) in [5.41, 5.74) is 9.86. The third-order valence-corrected chi connectivity index (χ3v) is 2.94. The van der Waals surface area contributed by atoms with E-state index in [9.17, 15) is 0 Å². The molecular formula is C12H18N2. The van der Waals surface area contributed by atoms with E-state index >= 15 is 0 Å². The Morgan fingerprint density at radius 3 is 3.14 bits per heavy atom. The minimum Gasteiger partial charge on any atom is -0.384 e. The van der Waals surface area contributed by atoms with Crippen molar-refractivity contribution in [1.29, 1.82) is 0 Å². The number of benzene rings is 1. The number of hydrogen-bond donors (Lipinski definition) is 2. The zero-order valence-electron chi connectivity index (χ0n) is 8.72. The fourth-order valence-electron chi connectivity index (χ4n) is 2.22. The lowest BCUT2D eigenvalue weighted by atomic mass is 9.94. The van der Waals surface area contributed by atoms with E-state index in [1.165, 1.54) is 16.8 Å². The third kappa shape index (κ3) is 1.62. The fourth-order valence-corrected chi connectivity index (χ4v) is 2.22. The van der Waals surface area contributed by atoms with Crippen LogP contribution in [-0.2, 0) is 6.42 Å². The molecule has 1 aromatic rings. The number of anilines is 1. The molecule has 3 N–H and O–H groups in total. The van der Waals surface area contributed by atoms with Gasteiger partial charge in [0.2, 0.25) is 0 Å². The zero-order chi connectivity index (χ0) is 9.97. The second-order valence-corrected chi connectivity index (χ2v) is 4.05. The van der Waals surface area contributed by atoms with Gasteiger partial charge >= 0.3 is 0 Å². The van der Waals surface area contributed by atoms with E-state index in [-0.39, 0.29) is 0 Å². The van der Waals surface area contributed by atoms with Gasteiger partial charge in [0.15, 0.2) is 0 Å². The highest BCUT2D eigenvalue weighted by molar-refractivity contribution is 5.60. The van der Waals surface area contributed by atoms with Crippen molar-refractivity contribution in [2.45, 2.75) is 25.7 Å². The summed E-state index contributed by atoms with van der Waals surface area (Å²) in [5.74, 6) is 0.652. The standard InChI is InChI=1S/C12H18N2/c1-9-8-14-11-6-2-4-10(12(9)11)5-3-7-13/h2,4,6,9,14H,3,5,7-8,13H2,1H3. The SMILES string of the molecule is CC1CNc2cccc(CCCN)c21. The van der Waals surface area contributed by atoms with E-state index in [2.05, 4.69) is 30.4 Å². The quantitative estimate of drug-likeness (QED) is 0.766. The van der Waals surface area contributed by atoms with Gasteiger partial charge in [0.1, 0.15) is 0 Å². The first-order valence-corrected chi connectivity index (χ1v) is 5.38. The summed E-state index contributed by atoms with van der Waals surface area (Å²) >= 11 is 0. The Morgan fingerprint density at radius 1 is 1.50 bits per heavy atom. The largest absolute Gasteiger partial charge is 0.384 e. The fraction of sp³-hybridized carbons (Fsp3) is 0.500. The normalized spacial score (nSPS) is 19.1. The highest BCUT2D eigenvalue weighted by atomic mass is 14.9. The minimum atomic E-state index is 0.652. The highest BCUT2D eigenvalue weighted by Gasteiger charge is 2.20. The molecule has 0 saturated carbocycles. The maximum atomic E-state index is 5.54. The first kappa shape index (κ1) is 9.53. The van der Waals surface area contributed by atoms with Crippen LogP contribution in [0.5, 0.6) is 0 Å². The van der Waals surface area contributed by atoms with Crippen LogP contribution in [0.25, 0.3) is 0 Å². The summed E-state index contributed by atoms with van der Waals surface area (Å²) in [4.78, 5) is 0. The molecule has 1 atom stereocenters. The summed E-state index contributed by atoms with van der Waals surface area (Å²) in [6.45, 7) is 4.14. The molecule has 0 saturated heterocycles. The minimum absolute atomic E-state index is 0.652. The maximum absolute atomic E-state index is 5.54. The van der Waals surface area contributed by atoms with Gasteiger partial charge in [0.05, 0.1) is 0 Å². The molecule has 2 nitrogen and oxygen atoms in total. The van der Waals surface area contributed by atoms with Crippen LogP contribution in [0.3, 0.4) is 0 Å². The van der Waals surface area contributed by atoms with E-state index in [0.717, 1.165) is 25.9 Å². The van der Waals surface area contributed by atoms with Crippen molar-refractivity contribution in [3.8, 4) is 0 Å². The Bertz CT molecular complexity index is 320. The first-order chi connectivity index (χ1) is 6.83. The van der Waals surface area contributed by atoms with Crippen molar-refractivity contribution >= 4 is 5.69 Å². The molecule has 0 aromatic heterocycles. The van der Waals surface area contributed by atoms with Crippen molar-refractivity contribution in [2.75, 3.05) is 18.4 Å². The number of rotatable bonds is 3. The lowest BCUT2D eigenvalue weighted by molar-refractivity contribution is 0.794. The third-order valence-electron chi connectivity index (χ3n) is 2.94. The number of nitrogens with one attached hydrogen (secondary N) is 1. The van der Waals surface area contributed by atoms with Crippen molar-refractivity contribution in [3.05, 3.63) is 29.3 Å². The highest BCUT2D eigenvalue weighted by Crippen LogP contribution is 2.34. The van der Waals surface area contributed by atoms with E-state index in [4.69, 9.17) is 5.73 Å². The second kappa shape index (κ2) is 4.01. The van der Waals surface area contributed by atoms with Gasteiger partial charge in [-0.15, -0.1) is 0 Å². The number of hydrogen-bond acceptors (Lipinski definition) is 2. The van der Waals surface area contributed by atoms with Gasteiger partial charge in [-0.3, -0.25) is 0 Å². The predicted molar refractivity (Wildman–Crippen MR) is 60.7 cm³/mol. The van der Waals surface area contributed by atoms with Crippen LogP contribution in [0, 0.1) is 0 Å².